The van der Waals surface area contributed by atoms with Crippen molar-refractivity contribution in [1.82, 2.24) is 5.32 Å². The molecule has 0 saturated carbocycles. The van der Waals surface area contributed by atoms with Crippen LogP contribution in [0.2, 0.25) is 0 Å². The van der Waals surface area contributed by atoms with E-state index in [1.54, 1.807) is 0 Å². The highest BCUT2D eigenvalue weighted by Gasteiger charge is 2.13. The maximum atomic E-state index is 9.71. The van der Waals surface area contributed by atoms with E-state index < -0.39 is 0 Å². The van der Waals surface area contributed by atoms with Crippen LogP contribution in [-0.2, 0) is 9.53 Å². The predicted molar refractivity (Wildman–Crippen MR) is 33.0 cm³/mol. The average Bonchev–Trinajstić information content (AvgIpc) is 2.34. The van der Waals surface area contributed by atoms with E-state index in [-0.39, 0.29) is 0 Å². The van der Waals surface area contributed by atoms with E-state index in [9.17, 15) is 4.79 Å². The SMILES string of the molecule is O=COCC1CCCN1. The number of nitrogens with one attached hydrogen (secondary N) is 1. The predicted octanol–water partition coefficient (Wildman–Crippen LogP) is -0.0886. The molecule has 1 unspecified atom stereocenters. The first kappa shape index (κ1) is 6.55. The van der Waals surface area contributed by atoms with Gasteiger partial charge in [-0.05, 0) is 19.4 Å². The van der Waals surface area contributed by atoms with Crippen LogP contribution in [0.1, 0.15) is 12.8 Å². The molecule has 0 amide bonds. The molecule has 1 saturated heterocycles. The monoisotopic (exact) mass is 129 g/mol. The lowest BCUT2D eigenvalue weighted by Crippen LogP contribution is -2.26. The molecule has 9 heavy (non-hydrogen) atoms. The van der Waals surface area contributed by atoms with Crippen molar-refractivity contribution in [2.24, 2.45) is 0 Å². The smallest absolute Gasteiger partial charge is 0.293 e. The first-order valence-electron chi connectivity index (χ1n) is 3.22. The van der Waals surface area contributed by atoms with Gasteiger partial charge in [0.05, 0.1) is 0 Å². The highest BCUT2D eigenvalue weighted by molar-refractivity contribution is 5.36. The minimum atomic E-state index is 0.412. The first-order chi connectivity index (χ1) is 4.43. The van der Waals surface area contributed by atoms with Crippen LogP contribution in [-0.4, -0.2) is 25.7 Å². The highest BCUT2D eigenvalue weighted by Crippen LogP contribution is 2.03. The van der Waals surface area contributed by atoms with Crippen molar-refractivity contribution >= 4 is 6.47 Å². The van der Waals surface area contributed by atoms with Crippen molar-refractivity contribution in [3.05, 3.63) is 0 Å². The second-order valence-corrected chi connectivity index (χ2v) is 2.22. The molecule has 0 aromatic rings. The minimum absolute atomic E-state index is 0.412. The fraction of sp³-hybridized carbons (Fsp3) is 0.833. The van der Waals surface area contributed by atoms with Gasteiger partial charge in [0.2, 0.25) is 0 Å². The molecule has 0 radical (unpaired) electrons. The molecule has 0 aliphatic carbocycles. The third-order valence-corrected chi connectivity index (χ3v) is 1.53. The van der Waals surface area contributed by atoms with Crippen molar-refractivity contribution in [1.29, 1.82) is 0 Å². The molecular formula is C6H11NO2. The Balaban J connectivity index is 2.04. The van der Waals surface area contributed by atoms with Crippen molar-refractivity contribution in [2.75, 3.05) is 13.2 Å². The maximum absolute atomic E-state index is 9.71. The second kappa shape index (κ2) is 3.45. The average molecular weight is 129 g/mol. The Morgan fingerprint density at radius 3 is 3.22 bits per heavy atom. The molecule has 0 spiro atoms. The van der Waals surface area contributed by atoms with Crippen LogP contribution in [0.3, 0.4) is 0 Å². The molecule has 1 aliphatic heterocycles. The van der Waals surface area contributed by atoms with Crippen LogP contribution >= 0.6 is 0 Å². The Hall–Kier alpha value is -0.570. The van der Waals surface area contributed by atoms with E-state index >= 15 is 0 Å². The number of carbonyl (C=O) groups excluding carboxylic acids is 1. The Kier molecular flexibility index (Phi) is 2.51. The summed E-state index contributed by atoms with van der Waals surface area (Å²) < 4.78 is 4.57. The van der Waals surface area contributed by atoms with Crippen LogP contribution in [0.15, 0.2) is 0 Å². The summed E-state index contributed by atoms with van der Waals surface area (Å²) in [4.78, 5) is 9.71. The van der Waals surface area contributed by atoms with E-state index in [0.29, 0.717) is 19.1 Å². The molecule has 1 N–H and O–H groups in total. The van der Waals surface area contributed by atoms with Crippen LogP contribution in [0.5, 0.6) is 0 Å². The van der Waals surface area contributed by atoms with Crippen molar-refractivity contribution < 1.29 is 9.53 Å². The number of rotatable bonds is 3. The summed E-state index contributed by atoms with van der Waals surface area (Å²) in [5, 5.41) is 3.21. The number of hydrogen-bond acceptors (Lipinski definition) is 3. The zero-order chi connectivity index (χ0) is 6.53. The normalized spacial score (nSPS) is 26.0. The Morgan fingerprint density at radius 2 is 2.67 bits per heavy atom. The van der Waals surface area contributed by atoms with Crippen molar-refractivity contribution in [3.63, 3.8) is 0 Å². The molecule has 1 fully saturated rings. The van der Waals surface area contributed by atoms with E-state index in [1.165, 1.54) is 6.42 Å². The summed E-state index contributed by atoms with van der Waals surface area (Å²) in [6.07, 6.45) is 2.33. The van der Waals surface area contributed by atoms with Gasteiger partial charge >= 0.3 is 0 Å². The number of carbonyl (C=O) groups is 1. The molecule has 0 aromatic heterocycles. The lowest BCUT2D eigenvalue weighted by atomic mass is 10.2. The Bertz CT molecular complexity index is 89.1. The number of ether oxygens (including phenoxy) is 1. The summed E-state index contributed by atoms with van der Waals surface area (Å²) in [5.74, 6) is 0. The van der Waals surface area contributed by atoms with Gasteiger partial charge in [0.15, 0.2) is 0 Å². The van der Waals surface area contributed by atoms with E-state index in [4.69, 9.17) is 0 Å². The van der Waals surface area contributed by atoms with Crippen LogP contribution in [0.4, 0.5) is 0 Å². The van der Waals surface area contributed by atoms with Gasteiger partial charge in [0.25, 0.3) is 6.47 Å². The first-order valence-corrected chi connectivity index (χ1v) is 3.22. The molecule has 1 aliphatic rings. The van der Waals surface area contributed by atoms with E-state index in [2.05, 4.69) is 10.1 Å². The van der Waals surface area contributed by atoms with Gasteiger partial charge < -0.3 is 10.1 Å². The summed E-state index contributed by atoms with van der Waals surface area (Å²) in [7, 11) is 0. The summed E-state index contributed by atoms with van der Waals surface area (Å²) in [5.41, 5.74) is 0. The Morgan fingerprint density at radius 1 is 1.78 bits per heavy atom. The molecule has 1 atom stereocenters. The van der Waals surface area contributed by atoms with Gasteiger partial charge in [-0.25, -0.2) is 0 Å². The fourth-order valence-electron chi connectivity index (χ4n) is 1.05. The second-order valence-electron chi connectivity index (χ2n) is 2.22. The van der Waals surface area contributed by atoms with E-state index in [1.807, 2.05) is 0 Å². The number of hydrogen-bond donors (Lipinski definition) is 1. The lowest BCUT2D eigenvalue weighted by Gasteiger charge is -2.06. The van der Waals surface area contributed by atoms with Gasteiger partial charge in [-0.15, -0.1) is 0 Å². The third-order valence-electron chi connectivity index (χ3n) is 1.53. The van der Waals surface area contributed by atoms with Gasteiger partial charge in [0.1, 0.15) is 6.61 Å². The van der Waals surface area contributed by atoms with Crippen LogP contribution in [0, 0.1) is 0 Å². The van der Waals surface area contributed by atoms with Gasteiger partial charge in [0, 0.05) is 6.04 Å². The summed E-state index contributed by atoms with van der Waals surface area (Å²) in [6, 6.07) is 0.412. The third kappa shape index (κ3) is 2.01. The van der Waals surface area contributed by atoms with E-state index in [0.717, 1.165) is 13.0 Å². The lowest BCUT2D eigenvalue weighted by molar-refractivity contribution is -0.129. The maximum Gasteiger partial charge on any atom is 0.293 e. The van der Waals surface area contributed by atoms with Crippen molar-refractivity contribution in [3.8, 4) is 0 Å². The molecular weight excluding hydrogens is 118 g/mol. The zero-order valence-corrected chi connectivity index (χ0v) is 5.30. The van der Waals surface area contributed by atoms with Crippen molar-refractivity contribution in [2.45, 2.75) is 18.9 Å². The topological polar surface area (TPSA) is 38.3 Å². The minimum Gasteiger partial charge on any atom is -0.466 e. The molecule has 3 heteroatoms. The van der Waals surface area contributed by atoms with Gasteiger partial charge in [-0.1, -0.05) is 0 Å². The quantitative estimate of drug-likeness (QED) is 0.541. The molecule has 3 nitrogen and oxygen atoms in total. The fourth-order valence-corrected chi connectivity index (χ4v) is 1.05. The summed E-state index contributed by atoms with van der Waals surface area (Å²) in [6.45, 7) is 2.09. The highest BCUT2D eigenvalue weighted by atomic mass is 16.5. The molecule has 52 valence electrons. The molecule has 1 heterocycles. The molecule has 1 rings (SSSR count). The molecule has 0 aromatic carbocycles. The van der Waals surface area contributed by atoms with Gasteiger partial charge in [-0.2, -0.15) is 0 Å². The van der Waals surface area contributed by atoms with Crippen LogP contribution in [0.25, 0.3) is 0 Å². The summed E-state index contributed by atoms with van der Waals surface area (Å²) >= 11 is 0. The standard InChI is InChI=1S/C6H11NO2/c8-5-9-4-6-2-1-3-7-6/h5-7H,1-4H2. The Labute approximate surface area is 54.4 Å². The molecule has 0 bridgehead atoms. The van der Waals surface area contributed by atoms with Crippen LogP contribution < -0.4 is 5.32 Å². The zero-order valence-electron chi connectivity index (χ0n) is 5.30. The largest absolute Gasteiger partial charge is 0.466 e. The van der Waals surface area contributed by atoms with Gasteiger partial charge in [-0.3, -0.25) is 4.79 Å².